The lowest BCUT2D eigenvalue weighted by molar-refractivity contribution is 0.166. The lowest BCUT2D eigenvalue weighted by atomic mass is 10.1. The molecule has 0 saturated carbocycles. The van der Waals surface area contributed by atoms with E-state index in [0.717, 1.165) is 16.3 Å². The number of carbonyl (C=O) groups is 1. The van der Waals surface area contributed by atoms with Crippen LogP contribution in [0.3, 0.4) is 0 Å². The standard InChI is InChI=1S/C12H9N5O2/c18-12(19)16-7-14-11-8-3-1-2-4-9(8)15-6-13-5-10(15)17(11)16/h1-7,11H,(H,18,19). The molecule has 1 aromatic carbocycles. The predicted molar refractivity (Wildman–Crippen MR) is 67.1 cm³/mol. The highest BCUT2D eigenvalue weighted by molar-refractivity contribution is 5.86. The highest BCUT2D eigenvalue weighted by Gasteiger charge is 2.39. The average molecular weight is 255 g/mol. The molecule has 2 aliphatic heterocycles. The van der Waals surface area contributed by atoms with Crippen molar-refractivity contribution in [1.82, 2.24) is 14.6 Å². The normalized spacial score (nSPS) is 19.1. The van der Waals surface area contributed by atoms with Crippen LogP contribution in [0.2, 0.25) is 0 Å². The molecule has 0 saturated heterocycles. The number of aliphatic imine (C=N–C) groups is 1. The Hall–Kier alpha value is -2.83. The molecule has 0 fully saturated rings. The SMILES string of the molecule is O=C(O)N1C=NC2c3ccccc3-n3cncc3N21. The lowest BCUT2D eigenvalue weighted by Crippen LogP contribution is -2.45. The van der Waals surface area contributed by atoms with E-state index in [1.54, 1.807) is 17.5 Å². The second kappa shape index (κ2) is 3.35. The van der Waals surface area contributed by atoms with Crippen LogP contribution in [-0.4, -0.2) is 32.1 Å². The van der Waals surface area contributed by atoms with Crippen molar-refractivity contribution < 1.29 is 9.90 Å². The van der Waals surface area contributed by atoms with Gasteiger partial charge >= 0.3 is 6.09 Å². The maximum Gasteiger partial charge on any atom is 0.432 e. The summed E-state index contributed by atoms with van der Waals surface area (Å²) < 4.78 is 1.86. The molecule has 1 N–H and O–H groups in total. The van der Waals surface area contributed by atoms with Gasteiger partial charge in [-0.2, -0.15) is 5.01 Å². The molecular weight excluding hydrogens is 246 g/mol. The van der Waals surface area contributed by atoms with Crippen LogP contribution in [0.5, 0.6) is 0 Å². The van der Waals surface area contributed by atoms with Gasteiger partial charge in [-0.05, 0) is 6.07 Å². The summed E-state index contributed by atoms with van der Waals surface area (Å²) >= 11 is 0. The average Bonchev–Trinajstić information content (AvgIpc) is 3.05. The van der Waals surface area contributed by atoms with E-state index in [-0.39, 0.29) is 6.17 Å². The number of para-hydroxylation sites is 1. The van der Waals surface area contributed by atoms with Crippen LogP contribution in [0.25, 0.3) is 5.69 Å². The number of carboxylic acid groups (broad SMARTS) is 1. The number of hydrazine groups is 1. The number of hydrogen-bond donors (Lipinski definition) is 1. The number of anilines is 1. The third-order valence-electron chi connectivity index (χ3n) is 3.31. The molecule has 1 atom stereocenters. The van der Waals surface area contributed by atoms with Crippen LogP contribution in [-0.2, 0) is 0 Å². The largest absolute Gasteiger partial charge is 0.463 e. The number of hydrogen-bond acceptors (Lipinski definition) is 4. The molecule has 2 aliphatic rings. The molecular formula is C12H9N5O2. The van der Waals surface area contributed by atoms with Crippen molar-refractivity contribution in [3.63, 3.8) is 0 Å². The van der Waals surface area contributed by atoms with Gasteiger partial charge < -0.3 is 5.11 Å². The van der Waals surface area contributed by atoms with Gasteiger partial charge in [-0.1, -0.05) is 18.2 Å². The fourth-order valence-corrected chi connectivity index (χ4v) is 2.52. The third-order valence-corrected chi connectivity index (χ3v) is 3.31. The van der Waals surface area contributed by atoms with Crippen molar-refractivity contribution in [2.75, 3.05) is 5.01 Å². The maximum atomic E-state index is 11.3. The van der Waals surface area contributed by atoms with Crippen molar-refractivity contribution in [3.8, 4) is 5.69 Å². The first-order valence-electron chi connectivity index (χ1n) is 5.73. The summed E-state index contributed by atoms with van der Waals surface area (Å²) in [6.45, 7) is 0. The Morgan fingerprint density at radius 3 is 3.00 bits per heavy atom. The van der Waals surface area contributed by atoms with Crippen molar-refractivity contribution in [2.45, 2.75) is 6.17 Å². The Balaban J connectivity index is 1.97. The van der Waals surface area contributed by atoms with E-state index in [1.807, 2.05) is 28.8 Å². The van der Waals surface area contributed by atoms with Crippen LogP contribution in [0.1, 0.15) is 11.7 Å². The van der Waals surface area contributed by atoms with E-state index >= 15 is 0 Å². The van der Waals surface area contributed by atoms with Crippen molar-refractivity contribution in [3.05, 3.63) is 42.4 Å². The zero-order valence-electron chi connectivity index (χ0n) is 9.71. The molecule has 3 heterocycles. The smallest absolute Gasteiger partial charge is 0.432 e. The Bertz CT molecular complexity index is 708. The molecule has 1 aromatic heterocycles. The third kappa shape index (κ3) is 1.18. The molecule has 7 heteroatoms. The Labute approximate surface area is 108 Å². The zero-order valence-corrected chi connectivity index (χ0v) is 9.71. The van der Waals surface area contributed by atoms with Crippen molar-refractivity contribution >= 4 is 18.2 Å². The summed E-state index contributed by atoms with van der Waals surface area (Å²) in [7, 11) is 0. The minimum atomic E-state index is -1.07. The number of fused-ring (bicyclic) bond motifs is 6. The summed E-state index contributed by atoms with van der Waals surface area (Å²) in [4.78, 5) is 19.7. The molecule has 94 valence electrons. The minimum Gasteiger partial charge on any atom is -0.463 e. The predicted octanol–water partition coefficient (Wildman–Crippen LogP) is 1.63. The van der Waals surface area contributed by atoms with E-state index in [2.05, 4.69) is 9.98 Å². The van der Waals surface area contributed by atoms with E-state index in [0.29, 0.717) is 5.82 Å². The number of benzene rings is 1. The Morgan fingerprint density at radius 1 is 1.32 bits per heavy atom. The summed E-state index contributed by atoms with van der Waals surface area (Å²) in [6.07, 6.45) is 3.21. The van der Waals surface area contributed by atoms with Gasteiger partial charge in [0.25, 0.3) is 0 Å². The molecule has 0 radical (unpaired) electrons. The van der Waals surface area contributed by atoms with Crippen LogP contribution >= 0.6 is 0 Å². The molecule has 0 bridgehead atoms. The maximum absolute atomic E-state index is 11.3. The lowest BCUT2D eigenvalue weighted by Gasteiger charge is -2.35. The van der Waals surface area contributed by atoms with Crippen LogP contribution in [0, 0.1) is 0 Å². The molecule has 0 aliphatic carbocycles. The van der Waals surface area contributed by atoms with Gasteiger partial charge in [0.15, 0.2) is 12.0 Å². The van der Waals surface area contributed by atoms with Gasteiger partial charge in [-0.25, -0.2) is 19.8 Å². The summed E-state index contributed by atoms with van der Waals surface area (Å²) in [5, 5.41) is 11.9. The minimum absolute atomic E-state index is 0.350. The number of nitrogens with zero attached hydrogens (tertiary/aromatic N) is 5. The van der Waals surface area contributed by atoms with Crippen molar-refractivity contribution in [1.29, 1.82) is 0 Å². The molecule has 19 heavy (non-hydrogen) atoms. The summed E-state index contributed by atoms with van der Waals surface area (Å²) in [5.41, 5.74) is 1.92. The van der Waals surface area contributed by atoms with E-state index in [9.17, 15) is 9.90 Å². The monoisotopic (exact) mass is 255 g/mol. The first-order valence-corrected chi connectivity index (χ1v) is 5.73. The molecule has 2 aromatic rings. The molecule has 1 amide bonds. The summed E-state index contributed by atoms with van der Waals surface area (Å²) in [5.74, 6) is 0.684. The highest BCUT2D eigenvalue weighted by atomic mass is 16.4. The first-order chi connectivity index (χ1) is 9.27. The van der Waals surface area contributed by atoms with E-state index < -0.39 is 6.09 Å². The highest BCUT2D eigenvalue weighted by Crippen LogP contribution is 2.41. The van der Waals surface area contributed by atoms with Gasteiger partial charge in [0.2, 0.25) is 0 Å². The Morgan fingerprint density at radius 2 is 2.16 bits per heavy atom. The first kappa shape index (κ1) is 10.1. The van der Waals surface area contributed by atoms with Crippen molar-refractivity contribution in [2.24, 2.45) is 4.99 Å². The summed E-state index contributed by atoms with van der Waals surface area (Å²) in [6, 6.07) is 7.76. The molecule has 0 spiro atoms. The molecule has 4 rings (SSSR count). The fraction of sp³-hybridized carbons (Fsp3) is 0.0833. The number of rotatable bonds is 0. The van der Waals surface area contributed by atoms with Gasteiger partial charge in [-0.15, -0.1) is 0 Å². The van der Waals surface area contributed by atoms with Crippen LogP contribution in [0.15, 0.2) is 41.8 Å². The zero-order chi connectivity index (χ0) is 13.0. The fourth-order valence-electron chi connectivity index (χ4n) is 2.52. The number of aromatic nitrogens is 2. The van der Waals surface area contributed by atoms with Gasteiger partial charge in [-0.3, -0.25) is 4.57 Å². The Kier molecular flexibility index (Phi) is 1.78. The molecule has 1 unspecified atom stereocenters. The number of imidazole rings is 1. The van der Waals surface area contributed by atoms with E-state index in [4.69, 9.17) is 0 Å². The molecule has 7 nitrogen and oxygen atoms in total. The van der Waals surface area contributed by atoms with Gasteiger partial charge in [0.05, 0.1) is 11.9 Å². The van der Waals surface area contributed by atoms with E-state index in [1.165, 1.54) is 6.34 Å². The van der Waals surface area contributed by atoms with Crippen LogP contribution < -0.4 is 5.01 Å². The van der Waals surface area contributed by atoms with Gasteiger partial charge in [0.1, 0.15) is 12.7 Å². The number of amides is 1. The van der Waals surface area contributed by atoms with Gasteiger partial charge in [0, 0.05) is 5.56 Å². The van der Waals surface area contributed by atoms with Crippen LogP contribution in [0.4, 0.5) is 10.6 Å². The topological polar surface area (TPSA) is 74.0 Å². The second-order valence-electron chi connectivity index (χ2n) is 4.29. The quantitative estimate of drug-likeness (QED) is 0.776. The second-order valence-corrected chi connectivity index (χ2v) is 4.29.